The Morgan fingerprint density at radius 1 is 1.30 bits per heavy atom. The maximum Gasteiger partial charge on any atom is 0.219 e. The molecule has 0 fully saturated rings. The zero-order chi connectivity index (χ0) is 15.4. The molecule has 0 saturated heterocycles. The minimum Gasteiger partial charge on any atom is -0.212 e. The molecule has 0 aliphatic heterocycles. The summed E-state index contributed by atoms with van der Waals surface area (Å²) in [6.45, 7) is 9.46. The van der Waals surface area contributed by atoms with Crippen LogP contribution in [0.3, 0.4) is 0 Å². The molecule has 4 nitrogen and oxygen atoms in total. The zero-order valence-electron chi connectivity index (χ0n) is 12.1. The molecular formula is C15H20N2O2S. The molecule has 0 aromatic heterocycles. The topological polar surface area (TPSA) is 61.2 Å². The molecule has 108 valence electrons. The van der Waals surface area contributed by atoms with Crippen LogP contribution < -0.4 is 0 Å². The summed E-state index contributed by atoms with van der Waals surface area (Å²) in [4.78, 5) is 0. The Morgan fingerprint density at radius 3 is 2.25 bits per heavy atom. The Hall–Kier alpha value is -1.64. The molecule has 0 aliphatic rings. The lowest BCUT2D eigenvalue weighted by atomic mass is 10.1. The molecule has 1 aromatic rings. The van der Waals surface area contributed by atoms with E-state index in [4.69, 9.17) is 5.26 Å². The predicted molar refractivity (Wildman–Crippen MR) is 80.4 cm³/mol. The SMILES string of the molecule is C=CCN(C(C)(C)C)S(=O)(=O)Cc1ccc(C#N)cc1. The quantitative estimate of drug-likeness (QED) is 0.784. The molecule has 1 rings (SSSR count). The Bertz CT molecular complexity index is 605. The molecule has 1 aromatic carbocycles. The third kappa shape index (κ3) is 4.19. The Kier molecular flexibility index (Phi) is 5.09. The highest BCUT2D eigenvalue weighted by molar-refractivity contribution is 7.88. The fourth-order valence-corrected chi connectivity index (χ4v) is 3.82. The summed E-state index contributed by atoms with van der Waals surface area (Å²) < 4.78 is 26.4. The molecule has 0 atom stereocenters. The van der Waals surface area contributed by atoms with Crippen LogP contribution in [0.5, 0.6) is 0 Å². The molecule has 0 N–H and O–H groups in total. The van der Waals surface area contributed by atoms with Crippen LogP contribution in [0.25, 0.3) is 0 Å². The number of hydrogen-bond donors (Lipinski definition) is 0. The number of benzene rings is 1. The van der Waals surface area contributed by atoms with Gasteiger partial charge >= 0.3 is 0 Å². The van der Waals surface area contributed by atoms with E-state index >= 15 is 0 Å². The van der Waals surface area contributed by atoms with E-state index < -0.39 is 15.6 Å². The molecule has 0 bridgehead atoms. The Morgan fingerprint density at radius 2 is 1.85 bits per heavy atom. The van der Waals surface area contributed by atoms with Crippen LogP contribution in [-0.4, -0.2) is 24.8 Å². The molecule has 20 heavy (non-hydrogen) atoms. The van der Waals surface area contributed by atoms with Crippen LogP contribution in [-0.2, 0) is 15.8 Å². The van der Waals surface area contributed by atoms with Gasteiger partial charge in [0.05, 0.1) is 17.4 Å². The molecule has 0 heterocycles. The van der Waals surface area contributed by atoms with E-state index in [1.165, 1.54) is 4.31 Å². The third-order valence-electron chi connectivity index (χ3n) is 2.81. The number of rotatable bonds is 5. The molecule has 0 radical (unpaired) electrons. The predicted octanol–water partition coefficient (Wildman–Crippen LogP) is 2.67. The van der Waals surface area contributed by atoms with E-state index in [9.17, 15) is 8.42 Å². The van der Waals surface area contributed by atoms with Crippen LogP contribution in [0, 0.1) is 11.3 Å². The molecule has 0 spiro atoms. The van der Waals surface area contributed by atoms with E-state index in [1.54, 1.807) is 30.3 Å². The van der Waals surface area contributed by atoms with Gasteiger partial charge in [0.1, 0.15) is 0 Å². The fourth-order valence-electron chi connectivity index (χ4n) is 1.89. The number of nitrogens with zero attached hydrogens (tertiary/aromatic N) is 2. The fraction of sp³-hybridized carbons (Fsp3) is 0.400. The number of sulfonamides is 1. The molecule has 0 unspecified atom stereocenters. The first-order valence-electron chi connectivity index (χ1n) is 6.31. The lowest BCUT2D eigenvalue weighted by molar-refractivity contribution is 0.269. The van der Waals surface area contributed by atoms with Gasteiger partial charge in [0.15, 0.2) is 0 Å². The van der Waals surface area contributed by atoms with E-state index in [-0.39, 0.29) is 12.3 Å². The monoisotopic (exact) mass is 292 g/mol. The maximum absolute atomic E-state index is 12.5. The second kappa shape index (κ2) is 6.21. The van der Waals surface area contributed by atoms with Crippen LogP contribution in [0.2, 0.25) is 0 Å². The van der Waals surface area contributed by atoms with Gasteiger partial charge in [-0.25, -0.2) is 8.42 Å². The first kappa shape index (κ1) is 16.4. The minimum absolute atomic E-state index is 0.0795. The van der Waals surface area contributed by atoms with Crippen molar-refractivity contribution in [3.63, 3.8) is 0 Å². The van der Waals surface area contributed by atoms with Crippen molar-refractivity contribution < 1.29 is 8.42 Å². The standard InChI is InChI=1S/C15H20N2O2S/c1-5-10-17(15(2,3)4)20(18,19)12-14-8-6-13(11-16)7-9-14/h5-9H,1,10,12H2,2-4H3. The first-order valence-corrected chi connectivity index (χ1v) is 7.92. The number of hydrogen-bond acceptors (Lipinski definition) is 3. The van der Waals surface area contributed by atoms with Crippen molar-refractivity contribution in [2.24, 2.45) is 0 Å². The second-order valence-corrected chi connectivity index (χ2v) is 7.45. The van der Waals surface area contributed by atoms with E-state index in [2.05, 4.69) is 6.58 Å². The summed E-state index contributed by atoms with van der Waals surface area (Å²) in [6.07, 6.45) is 1.58. The van der Waals surface area contributed by atoms with Crippen LogP contribution in [0.15, 0.2) is 36.9 Å². The van der Waals surface area contributed by atoms with Crippen molar-refractivity contribution in [3.8, 4) is 6.07 Å². The van der Waals surface area contributed by atoms with Crippen LogP contribution in [0.4, 0.5) is 0 Å². The Labute approximate surface area is 121 Å². The van der Waals surface area contributed by atoms with Crippen molar-refractivity contribution in [1.29, 1.82) is 5.26 Å². The lowest BCUT2D eigenvalue weighted by Gasteiger charge is -2.33. The Balaban J connectivity index is 3.02. The highest BCUT2D eigenvalue weighted by atomic mass is 32.2. The van der Waals surface area contributed by atoms with Gasteiger partial charge in [0.25, 0.3) is 0 Å². The van der Waals surface area contributed by atoms with Gasteiger partial charge in [-0.2, -0.15) is 9.57 Å². The third-order valence-corrected chi connectivity index (χ3v) is 4.88. The van der Waals surface area contributed by atoms with Gasteiger partial charge in [0, 0.05) is 12.1 Å². The molecule has 5 heteroatoms. The van der Waals surface area contributed by atoms with Gasteiger partial charge in [-0.1, -0.05) is 18.2 Å². The molecule has 0 aliphatic carbocycles. The second-order valence-electron chi connectivity index (χ2n) is 5.56. The summed E-state index contributed by atoms with van der Waals surface area (Å²) in [6, 6.07) is 8.60. The number of nitriles is 1. The van der Waals surface area contributed by atoms with Crippen LogP contribution in [0.1, 0.15) is 31.9 Å². The van der Waals surface area contributed by atoms with E-state index in [0.29, 0.717) is 11.1 Å². The molecule has 0 amide bonds. The van der Waals surface area contributed by atoms with Gasteiger partial charge in [-0.15, -0.1) is 6.58 Å². The minimum atomic E-state index is -3.44. The van der Waals surface area contributed by atoms with Crippen molar-refractivity contribution in [3.05, 3.63) is 48.0 Å². The summed E-state index contributed by atoms with van der Waals surface area (Å²) >= 11 is 0. The van der Waals surface area contributed by atoms with E-state index in [0.717, 1.165) is 0 Å². The van der Waals surface area contributed by atoms with E-state index in [1.807, 2.05) is 26.8 Å². The zero-order valence-corrected chi connectivity index (χ0v) is 12.9. The normalized spacial score (nSPS) is 12.2. The van der Waals surface area contributed by atoms with Crippen LogP contribution >= 0.6 is 0 Å². The maximum atomic E-state index is 12.5. The van der Waals surface area contributed by atoms with Crippen molar-refractivity contribution in [2.45, 2.75) is 32.1 Å². The first-order chi connectivity index (χ1) is 9.20. The van der Waals surface area contributed by atoms with Gasteiger partial charge < -0.3 is 0 Å². The molecule has 0 saturated carbocycles. The average Bonchev–Trinajstić information content (AvgIpc) is 2.35. The molecular weight excluding hydrogens is 272 g/mol. The smallest absolute Gasteiger partial charge is 0.212 e. The average molecular weight is 292 g/mol. The van der Waals surface area contributed by atoms with Gasteiger partial charge in [-0.3, -0.25) is 0 Å². The van der Waals surface area contributed by atoms with Crippen molar-refractivity contribution in [2.75, 3.05) is 6.54 Å². The summed E-state index contributed by atoms with van der Waals surface area (Å²) in [5, 5.41) is 8.74. The summed E-state index contributed by atoms with van der Waals surface area (Å²) in [7, 11) is -3.44. The van der Waals surface area contributed by atoms with Crippen molar-refractivity contribution >= 4 is 10.0 Å². The largest absolute Gasteiger partial charge is 0.219 e. The highest BCUT2D eigenvalue weighted by Crippen LogP contribution is 2.21. The van der Waals surface area contributed by atoms with Crippen molar-refractivity contribution in [1.82, 2.24) is 4.31 Å². The van der Waals surface area contributed by atoms with Gasteiger partial charge in [0.2, 0.25) is 10.0 Å². The summed E-state index contributed by atoms with van der Waals surface area (Å²) in [5.41, 5.74) is 0.687. The highest BCUT2D eigenvalue weighted by Gasteiger charge is 2.31. The van der Waals surface area contributed by atoms with Gasteiger partial charge in [-0.05, 0) is 38.5 Å². The summed E-state index contributed by atoms with van der Waals surface area (Å²) in [5.74, 6) is -0.0795. The lowest BCUT2D eigenvalue weighted by Crippen LogP contribution is -2.46.